The number of aryl methyl sites for hydroxylation is 3. The molecule has 3 rings (SSSR count). The van der Waals surface area contributed by atoms with E-state index in [2.05, 4.69) is 75.4 Å². The number of benzene rings is 2. The molecule has 0 aliphatic rings. The lowest BCUT2D eigenvalue weighted by molar-refractivity contribution is -0.140. The predicted molar refractivity (Wildman–Crippen MR) is 135 cm³/mol. The van der Waals surface area contributed by atoms with Crippen molar-refractivity contribution in [2.24, 2.45) is 7.05 Å². The van der Waals surface area contributed by atoms with Crippen molar-refractivity contribution in [1.82, 2.24) is 15.0 Å². The quantitative estimate of drug-likeness (QED) is 0.324. The monoisotopic (exact) mass is 467 g/mol. The summed E-state index contributed by atoms with van der Waals surface area (Å²) >= 11 is 0. The van der Waals surface area contributed by atoms with Gasteiger partial charge in [0.2, 0.25) is 0 Å². The molecule has 0 bridgehead atoms. The Balaban J connectivity index is 2.03. The van der Waals surface area contributed by atoms with Gasteiger partial charge in [-0.25, -0.2) is 4.68 Å². The highest BCUT2D eigenvalue weighted by Gasteiger charge is 2.37. The van der Waals surface area contributed by atoms with Gasteiger partial charge in [-0.05, 0) is 65.9 Å². The molecule has 2 aromatic carbocycles. The number of fused-ring (bicyclic) bond motifs is 1. The Morgan fingerprint density at radius 3 is 2.48 bits per heavy atom. The summed E-state index contributed by atoms with van der Waals surface area (Å²) in [6, 6.07) is 10.5. The first-order valence-electron chi connectivity index (χ1n) is 11.4. The van der Waals surface area contributed by atoms with Gasteiger partial charge in [0.1, 0.15) is 5.52 Å². The van der Waals surface area contributed by atoms with E-state index in [0.717, 1.165) is 33.3 Å². The number of carbonyl (C=O) groups excluding carboxylic acids is 1. The van der Waals surface area contributed by atoms with Crippen LogP contribution < -0.4 is 0 Å². The summed E-state index contributed by atoms with van der Waals surface area (Å²) in [7, 11) is 1.44. The highest BCUT2D eigenvalue weighted by atomic mass is 28.4. The van der Waals surface area contributed by atoms with Crippen LogP contribution in [0.15, 0.2) is 30.3 Å². The molecule has 0 amide bonds. The number of methoxy groups -OCH3 is 1. The van der Waals surface area contributed by atoms with E-state index in [-0.39, 0.29) is 23.3 Å². The lowest BCUT2D eigenvalue weighted by Crippen LogP contribution is -2.40. The minimum absolute atomic E-state index is 0.143. The van der Waals surface area contributed by atoms with Gasteiger partial charge in [0.25, 0.3) is 0 Å². The molecular formula is C26H37N3O3Si. The molecule has 0 aliphatic carbocycles. The highest BCUT2D eigenvalue weighted by Crippen LogP contribution is 2.38. The van der Waals surface area contributed by atoms with E-state index in [0.29, 0.717) is 6.61 Å². The standard InChI is InChI=1S/C26H37N3O3Si/c1-17-10-11-19(14-20(17)16-32-33(8,9)26(3,4)5)22(15-24(30)31-7)21-12-13-23-25(18(21)2)27-28-29(23)6/h10-14,22H,15-16H2,1-9H3/t22-/m1/s1. The zero-order chi connectivity index (χ0) is 24.6. The first-order valence-corrected chi connectivity index (χ1v) is 14.4. The number of aromatic nitrogens is 3. The van der Waals surface area contributed by atoms with Crippen LogP contribution in [0.25, 0.3) is 11.0 Å². The Hall–Kier alpha value is -2.51. The van der Waals surface area contributed by atoms with Crippen LogP contribution in [0.4, 0.5) is 0 Å². The summed E-state index contributed by atoms with van der Waals surface area (Å²) in [6.07, 6.45) is 0.259. The second-order valence-corrected chi connectivity index (χ2v) is 15.2. The molecule has 0 spiro atoms. The van der Waals surface area contributed by atoms with Crippen LogP contribution in [0.2, 0.25) is 18.1 Å². The Bertz CT molecular complexity index is 1160. The molecule has 1 atom stereocenters. The number of esters is 1. The molecule has 0 unspecified atom stereocenters. The van der Waals surface area contributed by atoms with E-state index in [4.69, 9.17) is 9.16 Å². The van der Waals surface area contributed by atoms with Crippen molar-refractivity contribution in [3.05, 3.63) is 58.1 Å². The van der Waals surface area contributed by atoms with Crippen molar-refractivity contribution in [2.45, 2.75) is 71.7 Å². The van der Waals surface area contributed by atoms with Crippen LogP contribution in [0, 0.1) is 13.8 Å². The molecular weight excluding hydrogens is 430 g/mol. The van der Waals surface area contributed by atoms with Gasteiger partial charge >= 0.3 is 5.97 Å². The third-order valence-corrected chi connectivity index (χ3v) is 11.7. The summed E-state index contributed by atoms with van der Waals surface area (Å²) in [4.78, 5) is 12.4. The van der Waals surface area contributed by atoms with E-state index in [1.807, 2.05) is 20.0 Å². The maximum atomic E-state index is 12.4. The Labute approximate surface area is 198 Å². The number of carbonyl (C=O) groups is 1. The van der Waals surface area contributed by atoms with Crippen molar-refractivity contribution >= 4 is 25.3 Å². The van der Waals surface area contributed by atoms with Crippen LogP contribution in [0.3, 0.4) is 0 Å². The van der Waals surface area contributed by atoms with E-state index in [1.165, 1.54) is 12.7 Å². The van der Waals surface area contributed by atoms with Gasteiger partial charge in [-0.3, -0.25) is 4.79 Å². The lowest BCUT2D eigenvalue weighted by atomic mass is 9.84. The second-order valence-electron chi connectivity index (χ2n) is 10.4. The number of hydrogen-bond acceptors (Lipinski definition) is 5. The third kappa shape index (κ3) is 5.19. The molecule has 0 saturated carbocycles. The molecule has 6 nitrogen and oxygen atoms in total. The third-order valence-electron chi connectivity index (χ3n) is 7.22. The maximum Gasteiger partial charge on any atom is 0.306 e. The first kappa shape index (κ1) is 25.1. The Morgan fingerprint density at radius 2 is 1.85 bits per heavy atom. The average Bonchev–Trinajstić information content (AvgIpc) is 3.13. The van der Waals surface area contributed by atoms with E-state index >= 15 is 0 Å². The summed E-state index contributed by atoms with van der Waals surface area (Å²) in [5, 5.41) is 8.66. The summed E-state index contributed by atoms with van der Waals surface area (Å²) in [5.41, 5.74) is 7.36. The second kappa shape index (κ2) is 9.39. The number of rotatable bonds is 7. The van der Waals surface area contributed by atoms with Gasteiger partial charge in [0, 0.05) is 13.0 Å². The van der Waals surface area contributed by atoms with Crippen molar-refractivity contribution in [2.75, 3.05) is 7.11 Å². The largest absolute Gasteiger partial charge is 0.469 e. The van der Waals surface area contributed by atoms with Crippen molar-refractivity contribution in [3.8, 4) is 0 Å². The van der Waals surface area contributed by atoms with Crippen LogP contribution >= 0.6 is 0 Å². The minimum Gasteiger partial charge on any atom is -0.469 e. The first-order chi connectivity index (χ1) is 15.4. The highest BCUT2D eigenvalue weighted by molar-refractivity contribution is 6.74. The van der Waals surface area contributed by atoms with Crippen molar-refractivity contribution in [3.63, 3.8) is 0 Å². The summed E-state index contributed by atoms with van der Waals surface area (Å²) < 4.78 is 13.3. The molecule has 0 N–H and O–H groups in total. The molecule has 3 aromatic rings. The molecule has 178 valence electrons. The molecule has 1 heterocycles. The average molecular weight is 468 g/mol. The van der Waals surface area contributed by atoms with Crippen LogP contribution in [0.1, 0.15) is 60.9 Å². The topological polar surface area (TPSA) is 66.2 Å². The molecule has 33 heavy (non-hydrogen) atoms. The lowest BCUT2D eigenvalue weighted by Gasteiger charge is -2.36. The number of nitrogens with zero attached hydrogens (tertiary/aromatic N) is 3. The van der Waals surface area contributed by atoms with Gasteiger partial charge in [-0.15, -0.1) is 5.10 Å². The van der Waals surface area contributed by atoms with Gasteiger partial charge in [-0.1, -0.05) is 50.3 Å². The Morgan fingerprint density at radius 1 is 1.15 bits per heavy atom. The number of hydrogen-bond donors (Lipinski definition) is 0. The molecule has 7 heteroatoms. The van der Waals surface area contributed by atoms with E-state index in [9.17, 15) is 4.79 Å². The van der Waals surface area contributed by atoms with Crippen LogP contribution in [0.5, 0.6) is 0 Å². The zero-order valence-corrected chi connectivity index (χ0v) is 22.4. The fourth-order valence-corrected chi connectivity index (χ4v) is 4.77. The minimum atomic E-state index is -1.88. The van der Waals surface area contributed by atoms with Crippen LogP contribution in [-0.4, -0.2) is 36.4 Å². The molecule has 0 saturated heterocycles. The SMILES string of the molecule is COC(=O)C[C@H](c1ccc(C)c(CO[Si](C)(C)C(C)(C)C)c1)c1ccc2c(nnn2C)c1C. The molecule has 0 aliphatic heterocycles. The van der Waals surface area contributed by atoms with Gasteiger partial charge in [-0.2, -0.15) is 0 Å². The van der Waals surface area contributed by atoms with E-state index in [1.54, 1.807) is 4.68 Å². The number of ether oxygens (including phenoxy) is 1. The normalized spacial score (nSPS) is 13.4. The van der Waals surface area contributed by atoms with Gasteiger partial charge in [0.05, 0.1) is 25.7 Å². The van der Waals surface area contributed by atoms with Gasteiger partial charge < -0.3 is 9.16 Å². The fraction of sp³-hybridized carbons (Fsp3) is 0.500. The predicted octanol–water partition coefficient (Wildman–Crippen LogP) is 5.80. The fourth-order valence-electron chi connectivity index (χ4n) is 3.82. The van der Waals surface area contributed by atoms with Crippen molar-refractivity contribution < 1.29 is 14.0 Å². The smallest absolute Gasteiger partial charge is 0.306 e. The Kier molecular flexibility index (Phi) is 7.15. The zero-order valence-electron chi connectivity index (χ0n) is 21.4. The van der Waals surface area contributed by atoms with E-state index < -0.39 is 8.32 Å². The molecule has 1 aromatic heterocycles. The van der Waals surface area contributed by atoms with Crippen molar-refractivity contribution in [1.29, 1.82) is 0 Å². The maximum absolute atomic E-state index is 12.4. The molecule has 0 fully saturated rings. The summed E-state index contributed by atoms with van der Waals surface area (Å²) in [5.74, 6) is -0.380. The summed E-state index contributed by atoms with van der Waals surface area (Å²) in [6.45, 7) is 16.0. The molecule has 0 radical (unpaired) electrons. The van der Waals surface area contributed by atoms with Crippen LogP contribution in [-0.2, 0) is 27.6 Å². The van der Waals surface area contributed by atoms with Gasteiger partial charge in [0.15, 0.2) is 8.32 Å².